The molecule has 0 heterocycles. The third-order valence-electron chi connectivity index (χ3n) is 2.03. The highest BCUT2D eigenvalue weighted by atomic mass is 79.9. The number of rotatable bonds is 2. The predicted molar refractivity (Wildman–Crippen MR) is 64.1 cm³/mol. The van der Waals surface area contributed by atoms with Crippen LogP contribution in [-0.4, -0.2) is 17.4 Å². The molecule has 0 atom stereocenters. The summed E-state index contributed by atoms with van der Waals surface area (Å²) in [6.45, 7) is 0. The fourth-order valence-electron chi connectivity index (χ4n) is 1.09. The van der Waals surface area contributed by atoms with Crippen LogP contribution in [0.25, 0.3) is 0 Å². The largest absolute Gasteiger partial charge is 0.506 e. The van der Waals surface area contributed by atoms with Gasteiger partial charge < -0.3 is 5.11 Å². The lowest BCUT2D eigenvalue weighted by Gasteiger charge is -2.02. The average Bonchev–Trinajstić information content (AvgIpc) is 2.92. The lowest BCUT2D eigenvalue weighted by atomic mass is 10.2. The summed E-state index contributed by atoms with van der Waals surface area (Å²) in [5.41, 5.74) is 0.748. The molecule has 1 N–H and O–H groups in total. The molecule has 0 amide bonds. The first-order valence-corrected chi connectivity index (χ1v) is 5.96. The number of aromatic hydroxyl groups is 1. The van der Waals surface area contributed by atoms with Crippen LogP contribution in [0.15, 0.2) is 26.1 Å². The molecular weight excluding hydrogens is 310 g/mol. The van der Waals surface area contributed by atoms with Crippen molar-refractivity contribution in [2.24, 2.45) is 4.99 Å². The fraction of sp³-hybridized carbons (Fsp3) is 0.300. The number of nitrogens with zero attached hydrogens (tertiary/aromatic N) is 1. The predicted octanol–water partition coefficient (Wildman–Crippen LogP) is 3.50. The molecule has 0 aliphatic heterocycles. The molecule has 1 aromatic carbocycles. The Hall–Kier alpha value is -0.350. The summed E-state index contributed by atoms with van der Waals surface area (Å²) in [4.78, 5) is 4.32. The minimum absolute atomic E-state index is 0.248. The second-order valence-electron chi connectivity index (χ2n) is 3.33. The Morgan fingerprint density at radius 3 is 2.71 bits per heavy atom. The van der Waals surface area contributed by atoms with Crippen LogP contribution in [0.2, 0.25) is 0 Å². The maximum absolute atomic E-state index is 9.70. The zero-order chi connectivity index (χ0) is 10.1. The van der Waals surface area contributed by atoms with Crippen molar-refractivity contribution in [1.29, 1.82) is 0 Å². The van der Waals surface area contributed by atoms with E-state index in [4.69, 9.17) is 0 Å². The first kappa shape index (κ1) is 10.2. The Kier molecular flexibility index (Phi) is 2.93. The summed E-state index contributed by atoms with van der Waals surface area (Å²) in [6, 6.07) is 4.14. The van der Waals surface area contributed by atoms with Crippen LogP contribution in [0.1, 0.15) is 18.4 Å². The van der Waals surface area contributed by atoms with Gasteiger partial charge in [-0.2, -0.15) is 0 Å². The second kappa shape index (κ2) is 4.03. The highest BCUT2D eigenvalue weighted by Gasteiger charge is 2.19. The van der Waals surface area contributed by atoms with Crippen LogP contribution >= 0.6 is 31.9 Å². The Labute approximate surface area is 99.3 Å². The van der Waals surface area contributed by atoms with Crippen molar-refractivity contribution in [1.82, 2.24) is 0 Å². The molecule has 2 nitrogen and oxygen atoms in total. The van der Waals surface area contributed by atoms with Crippen molar-refractivity contribution >= 4 is 38.1 Å². The lowest BCUT2D eigenvalue weighted by Crippen LogP contribution is -1.86. The van der Waals surface area contributed by atoms with Gasteiger partial charge in [-0.05, 0) is 40.9 Å². The minimum Gasteiger partial charge on any atom is -0.506 e. The van der Waals surface area contributed by atoms with Crippen molar-refractivity contribution in [3.05, 3.63) is 26.6 Å². The highest BCUT2D eigenvalue weighted by Crippen LogP contribution is 2.31. The summed E-state index contributed by atoms with van der Waals surface area (Å²) < 4.78 is 1.61. The molecule has 4 heteroatoms. The molecule has 0 bridgehead atoms. The summed E-state index contributed by atoms with van der Waals surface area (Å²) in [5.74, 6) is 0.248. The van der Waals surface area contributed by atoms with Crippen LogP contribution in [0, 0.1) is 0 Å². The van der Waals surface area contributed by atoms with Gasteiger partial charge in [0.1, 0.15) is 5.75 Å². The van der Waals surface area contributed by atoms with Crippen LogP contribution in [-0.2, 0) is 0 Å². The van der Waals surface area contributed by atoms with E-state index in [0.717, 1.165) is 10.0 Å². The fourth-order valence-corrected chi connectivity index (χ4v) is 2.35. The quantitative estimate of drug-likeness (QED) is 0.832. The Morgan fingerprint density at radius 2 is 2.07 bits per heavy atom. The van der Waals surface area contributed by atoms with E-state index in [2.05, 4.69) is 36.9 Å². The van der Waals surface area contributed by atoms with E-state index in [0.29, 0.717) is 10.5 Å². The van der Waals surface area contributed by atoms with Gasteiger partial charge >= 0.3 is 0 Å². The molecule has 0 unspecified atom stereocenters. The van der Waals surface area contributed by atoms with Crippen LogP contribution in [0.4, 0.5) is 0 Å². The highest BCUT2D eigenvalue weighted by molar-refractivity contribution is 9.11. The number of hydrogen-bond acceptors (Lipinski definition) is 2. The summed E-state index contributed by atoms with van der Waals surface area (Å²) in [6.07, 6.45) is 4.08. The minimum atomic E-state index is 0.248. The van der Waals surface area contributed by atoms with E-state index < -0.39 is 0 Å². The van der Waals surface area contributed by atoms with E-state index in [1.165, 1.54) is 12.8 Å². The maximum Gasteiger partial charge on any atom is 0.138 e. The van der Waals surface area contributed by atoms with Crippen molar-refractivity contribution in [3.63, 3.8) is 0 Å². The molecule has 0 radical (unpaired) electrons. The van der Waals surface area contributed by atoms with Gasteiger partial charge in [0.05, 0.1) is 10.5 Å². The van der Waals surface area contributed by atoms with E-state index in [1.807, 2.05) is 12.1 Å². The molecule has 1 aliphatic rings. The van der Waals surface area contributed by atoms with Crippen molar-refractivity contribution in [2.75, 3.05) is 0 Å². The van der Waals surface area contributed by atoms with Crippen LogP contribution in [0.5, 0.6) is 5.75 Å². The third kappa shape index (κ3) is 2.36. The molecule has 74 valence electrons. The van der Waals surface area contributed by atoms with Gasteiger partial charge in [0, 0.05) is 16.3 Å². The smallest absolute Gasteiger partial charge is 0.138 e. The SMILES string of the molecule is Oc1c(Br)cc(Br)cc1C=NC1CC1. The molecule has 2 rings (SSSR count). The lowest BCUT2D eigenvalue weighted by molar-refractivity contribution is 0.471. The van der Waals surface area contributed by atoms with E-state index >= 15 is 0 Å². The molecule has 1 fully saturated rings. The number of hydrogen-bond donors (Lipinski definition) is 1. The summed E-state index contributed by atoms with van der Waals surface area (Å²) in [5, 5.41) is 9.70. The zero-order valence-electron chi connectivity index (χ0n) is 7.37. The van der Waals surface area contributed by atoms with Gasteiger partial charge in [0.15, 0.2) is 0 Å². The zero-order valence-corrected chi connectivity index (χ0v) is 10.5. The first-order chi connectivity index (χ1) is 6.66. The first-order valence-electron chi connectivity index (χ1n) is 4.38. The number of benzene rings is 1. The normalized spacial score (nSPS) is 16.4. The van der Waals surface area contributed by atoms with Gasteiger partial charge in [-0.15, -0.1) is 0 Å². The summed E-state index contributed by atoms with van der Waals surface area (Å²) >= 11 is 6.64. The number of aliphatic imine (C=N–C) groups is 1. The molecule has 14 heavy (non-hydrogen) atoms. The molecule has 0 aromatic heterocycles. The Morgan fingerprint density at radius 1 is 1.36 bits per heavy atom. The molecule has 1 saturated carbocycles. The van der Waals surface area contributed by atoms with Crippen LogP contribution in [0.3, 0.4) is 0 Å². The number of halogens is 2. The third-order valence-corrected chi connectivity index (χ3v) is 3.09. The van der Waals surface area contributed by atoms with E-state index in [-0.39, 0.29) is 5.75 Å². The molecular formula is C10H9Br2NO. The summed E-state index contributed by atoms with van der Waals surface area (Å²) in [7, 11) is 0. The van der Waals surface area contributed by atoms with Crippen molar-refractivity contribution in [3.8, 4) is 5.75 Å². The van der Waals surface area contributed by atoms with Gasteiger partial charge in [0.25, 0.3) is 0 Å². The van der Waals surface area contributed by atoms with Gasteiger partial charge in [-0.25, -0.2) is 0 Å². The van der Waals surface area contributed by atoms with Gasteiger partial charge in [0.2, 0.25) is 0 Å². The molecule has 0 saturated heterocycles. The monoisotopic (exact) mass is 317 g/mol. The standard InChI is InChI=1S/C10H9Br2NO/c11-7-3-6(5-13-8-1-2-8)10(14)9(12)4-7/h3-5,8,14H,1-2H2. The Bertz CT molecular complexity index is 386. The van der Waals surface area contributed by atoms with Crippen molar-refractivity contribution in [2.45, 2.75) is 18.9 Å². The van der Waals surface area contributed by atoms with E-state index in [1.54, 1.807) is 6.21 Å². The topological polar surface area (TPSA) is 32.6 Å². The molecule has 0 spiro atoms. The maximum atomic E-state index is 9.70. The number of phenolic OH excluding ortho intramolecular Hbond substituents is 1. The molecule has 1 aromatic rings. The average molecular weight is 319 g/mol. The van der Waals surface area contributed by atoms with E-state index in [9.17, 15) is 5.11 Å². The second-order valence-corrected chi connectivity index (χ2v) is 5.10. The van der Waals surface area contributed by atoms with Crippen molar-refractivity contribution < 1.29 is 5.11 Å². The molecule has 1 aliphatic carbocycles. The number of phenols is 1. The van der Waals surface area contributed by atoms with Crippen LogP contribution < -0.4 is 0 Å². The van der Waals surface area contributed by atoms with Gasteiger partial charge in [-0.1, -0.05) is 15.9 Å². The Balaban J connectivity index is 2.30. The van der Waals surface area contributed by atoms with Gasteiger partial charge in [-0.3, -0.25) is 4.99 Å².